The molecule has 1 unspecified atom stereocenters. The second-order valence-electron chi connectivity index (χ2n) is 5.63. The Morgan fingerprint density at radius 1 is 1.29 bits per heavy atom. The van der Waals surface area contributed by atoms with Crippen molar-refractivity contribution >= 4 is 0 Å². The molecule has 0 aliphatic carbocycles. The van der Waals surface area contributed by atoms with E-state index in [-0.39, 0.29) is 12.6 Å². The summed E-state index contributed by atoms with van der Waals surface area (Å²) < 4.78 is 11.2. The lowest BCUT2D eigenvalue weighted by atomic mass is 10.0. The van der Waals surface area contributed by atoms with Gasteiger partial charge in [-0.15, -0.1) is 10.2 Å². The number of aromatic nitrogens is 2. The number of aliphatic hydroxyl groups is 1. The Kier molecular flexibility index (Phi) is 4.07. The van der Waals surface area contributed by atoms with Gasteiger partial charge in [0.25, 0.3) is 5.89 Å². The zero-order chi connectivity index (χ0) is 14.8. The van der Waals surface area contributed by atoms with E-state index in [1.807, 2.05) is 19.9 Å². The first-order chi connectivity index (χ1) is 10.2. The number of hydrogen-bond acceptors (Lipinski definition) is 6. The minimum atomic E-state index is 0.182. The summed E-state index contributed by atoms with van der Waals surface area (Å²) in [6.45, 7) is 5.52. The second kappa shape index (κ2) is 5.99. The predicted molar refractivity (Wildman–Crippen MR) is 76.6 cm³/mol. The summed E-state index contributed by atoms with van der Waals surface area (Å²) in [6.07, 6.45) is 3.35. The van der Waals surface area contributed by atoms with E-state index in [0.717, 1.165) is 36.5 Å². The van der Waals surface area contributed by atoms with Crippen molar-refractivity contribution in [2.24, 2.45) is 0 Å². The Labute approximate surface area is 123 Å². The van der Waals surface area contributed by atoms with Gasteiger partial charge >= 0.3 is 0 Å². The molecule has 1 aliphatic rings. The SMILES string of the molecule is Cc1cc(-c2nnc(CN3CCCCC3CO)o2)c(C)o1. The van der Waals surface area contributed by atoms with Gasteiger partial charge in [-0.3, -0.25) is 4.90 Å². The number of furan rings is 1. The molecule has 21 heavy (non-hydrogen) atoms. The lowest BCUT2D eigenvalue weighted by Gasteiger charge is -2.33. The molecule has 114 valence electrons. The highest BCUT2D eigenvalue weighted by Crippen LogP contribution is 2.26. The third-order valence-electron chi connectivity index (χ3n) is 4.04. The van der Waals surface area contributed by atoms with Crippen LogP contribution in [0.15, 0.2) is 14.9 Å². The number of aryl methyl sites for hydroxylation is 2. The molecule has 0 radical (unpaired) electrons. The summed E-state index contributed by atoms with van der Waals surface area (Å²) in [7, 11) is 0. The molecule has 0 amide bonds. The Morgan fingerprint density at radius 3 is 2.86 bits per heavy atom. The van der Waals surface area contributed by atoms with Gasteiger partial charge in [-0.25, -0.2) is 0 Å². The van der Waals surface area contributed by atoms with Crippen LogP contribution in [-0.2, 0) is 6.54 Å². The van der Waals surface area contributed by atoms with Gasteiger partial charge in [0.1, 0.15) is 11.5 Å². The molecule has 1 N–H and O–H groups in total. The summed E-state index contributed by atoms with van der Waals surface area (Å²) in [5, 5.41) is 17.7. The van der Waals surface area contributed by atoms with Crippen molar-refractivity contribution in [2.75, 3.05) is 13.2 Å². The summed E-state index contributed by atoms with van der Waals surface area (Å²) >= 11 is 0. The number of hydrogen-bond donors (Lipinski definition) is 1. The summed E-state index contributed by atoms with van der Waals surface area (Å²) in [5.41, 5.74) is 0.851. The number of likely N-dealkylation sites (tertiary alicyclic amines) is 1. The van der Waals surface area contributed by atoms with E-state index in [0.29, 0.717) is 18.3 Å². The van der Waals surface area contributed by atoms with Crippen LogP contribution in [0.5, 0.6) is 0 Å². The molecule has 6 heteroatoms. The standard InChI is InChI=1S/C15H21N3O3/c1-10-7-13(11(2)20-10)15-17-16-14(21-15)8-18-6-4-3-5-12(18)9-19/h7,12,19H,3-6,8-9H2,1-2H3. The van der Waals surface area contributed by atoms with Crippen molar-refractivity contribution in [1.29, 1.82) is 0 Å². The molecule has 2 aromatic heterocycles. The number of rotatable bonds is 4. The summed E-state index contributed by atoms with van der Waals surface area (Å²) in [5.74, 6) is 2.70. The molecular formula is C15H21N3O3. The highest BCUT2D eigenvalue weighted by Gasteiger charge is 2.24. The van der Waals surface area contributed by atoms with Crippen LogP contribution in [-0.4, -0.2) is 39.4 Å². The Hall–Kier alpha value is -1.66. The van der Waals surface area contributed by atoms with Gasteiger partial charge in [0.15, 0.2) is 0 Å². The third kappa shape index (κ3) is 3.01. The maximum Gasteiger partial charge on any atom is 0.251 e. The third-order valence-corrected chi connectivity index (χ3v) is 4.04. The van der Waals surface area contributed by atoms with E-state index in [1.54, 1.807) is 0 Å². The van der Waals surface area contributed by atoms with E-state index >= 15 is 0 Å². The molecular weight excluding hydrogens is 270 g/mol. The fourth-order valence-electron chi connectivity index (χ4n) is 2.92. The quantitative estimate of drug-likeness (QED) is 0.931. The first-order valence-electron chi connectivity index (χ1n) is 7.42. The van der Waals surface area contributed by atoms with Crippen LogP contribution < -0.4 is 0 Å². The van der Waals surface area contributed by atoms with E-state index < -0.39 is 0 Å². The molecule has 1 saturated heterocycles. The van der Waals surface area contributed by atoms with E-state index in [9.17, 15) is 5.11 Å². The van der Waals surface area contributed by atoms with Crippen LogP contribution in [0, 0.1) is 13.8 Å². The first kappa shape index (κ1) is 14.3. The highest BCUT2D eigenvalue weighted by molar-refractivity contribution is 5.55. The van der Waals surface area contributed by atoms with Crippen molar-refractivity contribution in [1.82, 2.24) is 15.1 Å². The van der Waals surface area contributed by atoms with Crippen molar-refractivity contribution < 1.29 is 13.9 Å². The second-order valence-corrected chi connectivity index (χ2v) is 5.63. The van der Waals surface area contributed by atoms with Gasteiger partial charge in [0, 0.05) is 6.04 Å². The highest BCUT2D eigenvalue weighted by atomic mass is 16.4. The van der Waals surface area contributed by atoms with Crippen LogP contribution in [0.4, 0.5) is 0 Å². The lowest BCUT2D eigenvalue weighted by Crippen LogP contribution is -2.41. The number of aliphatic hydroxyl groups excluding tert-OH is 1. The fraction of sp³-hybridized carbons (Fsp3) is 0.600. The van der Waals surface area contributed by atoms with Gasteiger partial charge in [0.05, 0.1) is 18.7 Å². The Bertz CT molecular complexity index is 605. The molecule has 6 nitrogen and oxygen atoms in total. The average molecular weight is 291 g/mol. The minimum Gasteiger partial charge on any atom is -0.466 e. The van der Waals surface area contributed by atoms with E-state index in [1.165, 1.54) is 6.42 Å². The monoisotopic (exact) mass is 291 g/mol. The van der Waals surface area contributed by atoms with E-state index in [4.69, 9.17) is 8.83 Å². The average Bonchev–Trinajstić information content (AvgIpc) is 3.06. The van der Waals surface area contributed by atoms with E-state index in [2.05, 4.69) is 15.1 Å². The van der Waals surface area contributed by atoms with Gasteiger partial charge in [-0.05, 0) is 39.3 Å². The zero-order valence-corrected chi connectivity index (χ0v) is 12.5. The zero-order valence-electron chi connectivity index (χ0n) is 12.5. The molecule has 2 aromatic rings. The van der Waals surface area contributed by atoms with Gasteiger partial charge in [0.2, 0.25) is 5.89 Å². The topological polar surface area (TPSA) is 75.5 Å². The van der Waals surface area contributed by atoms with Crippen molar-refractivity contribution in [3.8, 4) is 11.5 Å². The van der Waals surface area contributed by atoms with Gasteiger partial charge in [-0.1, -0.05) is 6.42 Å². The molecule has 1 fully saturated rings. The van der Waals surface area contributed by atoms with Gasteiger partial charge in [-0.2, -0.15) is 0 Å². The summed E-state index contributed by atoms with van der Waals surface area (Å²) in [6, 6.07) is 2.11. The minimum absolute atomic E-state index is 0.182. The summed E-state index contributed by atoms with van der Waals surface area (Å²) in [4.78, 5) is 2.22. The number of piperidine rings is 1. The van der Waals surface area contributed by atoms with Crippen LogP contribution in [0.2, 0.25) is 0 Å². The van der Waals surface area contributed by atoms with Crippen LogP contribution in [0.1, 0.15) is 36.7 Å². The molecule has 0 saturated carbocycles. The Balaban J connectivity index is 1.74. The Morgan fingerprint density at radius 2 is 2.14 bits per heavy atom. The van der Waals surface area contributed by atoms with Gasteiger partial charge < -0.3 is 13.9 Å². The van der Waals surface area contributed by atoms with Crippen LogP contribution >= 0.6 is 0 Å². The predicted octanol–water partition coefficient (Wildman–Crippen LogP) is 2.29. The number of nitrogens with zero attached hydrogens (tertiary/aromatic N) is 3. The van der Waals surface area contributed by atoms with Crippen molar-refractivity contribution in [2.45, 2.75) is 45.7 Å². The maximum absolute atomic E-state index is 9.44. The smallest absolute Gasteiger partial charge is 0.251 e. The van der Waals surface area contributed by atoms with Crippen LogP contribution in [0.3, 0.4) is 0 Å². The van der Waals surface area contributed by atoms with Crippen molar-refractivity contribution in [3.05, 3.63) is 23.5 Å². The largest absolute Gasteiger partial charge is 0.466 e. The maximum atomic E-state index is 9.44. The fourth-order valence-corrected chi connectivity index (χ4v) is 2.92. The van der Waals surface area contributed by atoms with Crippen molar-refractivity contribution in [3.63, 3.8) is 0 Å². The normalized spacial score (nSPS) is 20.0. The molecule has 0 spiro atoms. The van der Waals surface area contributed by atoms with Crippen LogP contribution in [0.25, 0.3) is 11.5 Å². The molecule has 3 heterocycles. The molecule has 0 aromatic carbocycles. The first-order valence-corrected chi connectivity index (χ1v) is 7.42. The molecule has 0 bridgehead atoms. The molecule has 1 aliphatic heterocycles. The molecule has 3 rings (SSSR count). The lowest BCUT2D eigenvalue weighted by molar-refractivity contribution is 0.0769. The molecule has 1 atom stereocenters.